The number of amidine groups is 1. The van der Waals surface area contributed by atoms with Crippen molar-refractivity contribution < 1.29 is 5.11 Å². The average molecular weight is 258 g/mol. The van der Waals surface area contributed by atoms with E-state index >= 15 is 0 Å². The van der Waals surface area contributed by atoms with E-state index in [0.717, 1.165) is 50.9 Å². The molecule has 2 unspecified atom stereocenters. The summed E-state index contributed by atoms with van der Waals surface area (Å²) < 4.78 is 0. The normalized spacial score (nSPS) is 30.4. The average Bonchev–Trinajstić information content (AvgIpc) is 3.03. The molecule has 0 aromatic heterocycles. The topological polar surface area (TPSA) is 44.6 Å². The molecule has 0 saturated heterocycles. The van der Waals surface area contributed by atoms with Gasteiger partial charge in [0.05, 0.1) is 17.5 Å². The third-order valence-corrected chi connectivity index (χ3v) is 4.37. The zero-order valence-electron chi connectivity index (χ0n) is 11.3. The van der Waals surface area contributed by atoms with Gasteiger partial charge in [0, 0.05) is 13.0 Å². The van der Waals surface area contributed by atoms with Crippen LogP contribution in [0.15, 0.2) is 35.3 Å². The number of hydrogen-bond donors (Lipinski definition) is 2. The molecule has 2 aliphatic rings. The van der Waals surface area contributed by atoms with E-state index in [4.69, 9.17) is 0 Å². The van der Waals surface area contributed by atoms with Gasteiger partial charge < -0.3 is 10.4 Å². The second kappa shape index (κ2) is 5.33. The standard InChI is InChI=1S/C16H22N2O/c19-14-8-4-10-16(14,18-15-9-5-11-17-15)12-13-6-2-1-3-7-13/h1-3,6-7,14,19H,4-5,8-12H2,(H,17,18). The van der Waals surface area contributed by atoms with Crippen molar-refractivity contribution in [2.24, 2.45) is 4.99 Å². The SMILES string of the molecule is OC1CCCC1(Cc1ccccc1)NC1=NCCC1. The number of aliphatic hydroxyl groups excluding tert-OH is 1. The molecule has 2 N–H and O–H groups in total. The maximum atomic E-state index is 10.4. The predicted molar refractivity (Wildman–Crippen MR) is 77.4 cm³/mol. The number of nitrogens with zero attached hydrogens (tertiary/aromatic N) is 1. The Morgan fingerprint density at radius 2 is 2.11 bits per heavy atom. The Bertz CT molecular complexity index is 457. The van der Waals surface area contributed by atoms with Gasteiger partial charge >= 0.3 is 0 Å². The van der Waals surface area contributed by atoms with Crippen molar-refractivity contribution in [3.8, 4) is 0 Å². The van der Waals surface area contributed by atoms with E-state index in [1.165, 1.54) is 5.56 Å². The van der Waals surface area contributed by atoms with Gasteiger partial charge in [0.2, 0.25) is 0 Å². The van der Waals surface area contributed by atoms with Crippen molar-refractivity contribution in [1.29, 1.82) is 0 Å². The minimum absolute atomic E-state index is 0.204. The summed E-state index contributed by atoms with van der Waals surface area (Å²) in [5.41, 5.74) is 1.08. The summed E-state index contributed by atoms with van der Waals surface area (Å²) >= 11 is 0. The predicted octanol–water partition coefficient (Wildman–Crippen LogP) is 2.29. The number of nitrogens with one attached hydrogen (secondary N) is 1. The monoisotopic (exact) mass is 258 g/mol. The van der Waals surface area contributed by atoms with Crippen LogP contribution < -0.4 is 5.32 Å². The molecule has 1 aliphatic carbocycles. The van der Waals surface area contributed by atoms with Crippen LogP contribution in [0.3, 0.4) is 0 Å². The van der Waals surface area contributed by atoms with E-state index in [0.29, 0.717) is 0 Å². The van der Waals surface area contributed by atoms with Gasteiger partial charge in [-0.05, 0) is 37.7 Å². The van der Waals surface area contributed by atoms with Crippen molar-refractivity contribution in [3.05, 3.63) is 35.9 Å². The Morgan fingerprint density at radius 1 is 1.26 bits per heavy atom. The lowest BCUT2D eigenvalue weighted by atomic mass is 9.87. The van der Waals surface area contributed by atoms with Crippen LogP contribution in [0.4, 0.5) is 0 Å². The molecule has 0 amide bonds. The number of aliphatic hydroxyl groups is 1. The van der Waals surface area contributed by atoms with Gasteiger partial charge in [-0.25, -0.2) is 0 Å². The first-order valence-corrected chi connectivity index (χ1v) is 7.32. The molecule has 19 heavy (non-hydrogen) atoms. The van der Waals surface area contributed by atoms with E-state index in [1.807, 2.05) is 6.07 Å². The van der Waals surface area contributed by atoms with Crippen LogP contribution in [0.2, 0.25) is 0 Å². The number of aliphatic imine (C=N–C) groups is 1. The lowest BCUT2D eigenvalue weighted by molar-refractivity contribution is 0.0972. The fourth-order valence-electron chi connectivity index (χ4n) is 3.34. The Kier molecular flexibility index (Phi) is 3.56. The molecule has 1 saturated carbocycles. The zero-order valence-corrected chi connectivity index (χ0v) is 11.3. The van der Waals surface area contributed by atoms with Crippen LogP contribution in [-0.2, 0) is 6.42 Å². The second-order valence-corrected chi connectivity index (χ2v) is 5.78. The van der Waals surface area contributed by atoms with Gasteiger partial charge in [0.15, 0.2) is 0 Å². The molecule has 3 heteroatoms. The van der Waals surface area contributed by atoms with Gasteiger partial charge in [-0.3, -0.25) is 4.99 Å². The van der Waals surface area contributed by atoms with Crippen molar-refractivity contribution in [2.45, 2.75) is 50.2 Å². The maximum Gasteiger partial charge on any atom is 0.0969 e. The molecule has 0 spiro atoms. The van der Waals surface area contributed by atoms with E-state index in [-0.39, 0.29) is 11.6 Å². The zero-order chi connectivity index (χ0) is 13.1. The van der Waals surface area contributed by atoms with Gasteiger partial charge in [-0.1, -0.05) is 30.3 Å². The maximum absolute atomic E-state index is 10.4. The summed E-state index contributed by atoms with van der Waals surface area (Å²) in [6.07, 6.45) is 5.80. The highest BCUT2D eigenvalue weighted by molar-refractivity contribution is 5.84. The minimum Gasteiger partial charge on any atom is -0.391 e. The van der Waals surface area contributed by atoms with Gasteiger partial charge in [-0.15, -0.1) is 0 Å². The summed E-state index contributed by atoms with van der Waals surface area (Å²) in [6, 6.07) is 10.5. The molecular weight excluding hydrogens is 236 g/mol. The third-order valence-electron chi connectivity index (χ3n) is 4.37. The number of hydrogen-bond acceptors (Lipinski definition) is 3. The molecule has 2 atom stereocenters. The van der Waals surface area contributed by atoms with E-state index in [2.05, 4.69) is 34.6 Å². The van der Waals surface area contributed by atoms with Crippen LogP contribution >= 0.6 is 0 Å². The molecule has 0 radical (unpaired) electrons. The molecule has 102 valence electrons. The van der Waals surface area contributed by atoms with Crippen LogP contribution in [0.5, 0.6) is 0 Å². The highest BCUT2D eigenvalue weighted by atomic mass is 16.3. The van der Waals surface area contributed by atoms with E-state index in [1.54, 1.807) is 0 Å². The Morgan fingerprint density at radius 3 is 2.74 bits per heavy atom. The Balaban J connectivity index is 1.80. The van der Waals surface area contributed by atoms with Gasteiger partial charge in [0.25, 0.3) is 0 Å². The third kappa shape index (κ3) is 2.66. The molecule has 3 nitrogen and oxygen atoms in total. The van der Waals surface area contributed by atoms with Crippen molar-refractivity contribution in [2.75, 3.05) is 6.54 Å². The quantitative estimate of drug-likeness (QED) is 0.873. The lowest BCUT2D eigenvalue weighted by Gasteiger charge is -2.35. The van der Waals surface area contributed by atoms with Gasteiger partial charge in [-0.2, -0.15) is 0 Å². The molecule has 1 heterocycles. The molecule has 1 aromatic rings. The smallest absolute Gasteiger partial charge is 0.0969 e. The van der Waals surface area contributed by atoms with Crippen molar-refractivity contribution >= 4 is 5.84 Å². The first-order chi connectivity index (χ1) is 9.28. The van der Waals surface area contributed by atoms with E-state index < -0.39 is 0 Å². The summed E-state index contributed by atoms with van der Waals surface area (Å²) in [6.45, 7) is 0.930. The van der Waals surface area contributed by atoms with Crippen LogP contribution in [0.1, 0.15) is 37.7 Å². The summed E-state index contributed by atoms with van der Waals surface area (Å²) in [7, 11) is 0. The largest absolute Gasteiger partial charge is 0.391 e. The summed E-state index contributed by atoms with van der Waals surface area (Å²) in [5, 5.41) is 14.0. The number of benzene rings is 1. The van der Waals surface area contributed by atoms with Crippen LogP contribution in [-0.4, -0.2) is 29.1 Å². The van der Waals surface area contributed by atoms with Gasteiger partial charge in [0.1, 0.15) is 0 Å². The van der Waals surface area contributed by atoms with Crippen molar-refractivity contribution in [1.82, 2.24) is 5.32 Å². The van der Waals surface area contributed by atoms with E-state index in [9.17, 15) is 5.11 Å². The first-order valence-electron chi connectivity index (χ1n) is 7.32. The van der Waals surface area contributed by atoms with Crippen LogP contribution in [0.25, 0.3) is 0 Å². The van der Waals surface area contributed by atoms with Crippen LogP contribution in [0, 0.1) is 0 Å². The summed E-state index contributed by atoms with van der Waals surface area (Å²) in [5.74, 6) is 1.09. The molecule has 3 rings (SSSR count). The summed E-state index contributed by atoms with van der Waals surface area (Å²) in [4.78, 5) is 4.51. The molecular formula is C16H22N2O. The Labute approximate surface area is 114 Å². The molecule has 1 aliphatic heterocycles. The number of rotatable bonds is 3. The first kappa shape index (κ1) is 12.7. The second-order valence-electron chi connectivity index (χ2n) is 5.78. The fraction of sp³-hybridized carbons (Fsp3) is 0.562. The molecule has 1 fully saturated rings. The molecule has 0 bridgehead atoms. The minimum atomic E-state index is -0.268. The molecule has 1 aromatic carbocycles. The fourth-order valence-corrected chi connectivity index (χ4v) is 3.34. The highest BCUT2D eigenvalue weighted by Gasteiger charge is 2.42. The highest BCUT2D eigenvalue weighted by Crippen LogP contribution is 2.34. The van der Waals surface area contributed by atoms with Crippen molar-refractivity contribution in [3.63, 3.8) is 0 Å². The lowest BCUT2D eigenvalue weighted by Crippen LogP contribution is -2.55. The Hall–Kier alpha value is -1.35.